The zero-order valence-electron chi connectivity index (χ0n) is 11.1. The van der Waals surface area contributed by atoms with Gasteiger partial charge in [-0.3, -0.25) is 4.79 Å². The third-order valence-corrected chi connectivity index (χ3v) is 5.32. The van der Waals surface area contributed by atoms with Crippen LogP contribution in [0.1, 0.15) is 11.3 Å². The van der Waals surface area contributed by atoms with Crippen LogP contribution in [0.4, 0.5) is 10.8 Å². The van der Waals surface area contributed by atoms with E-state index in [1.165, 1.54) is 23.1 Å². The monoisotopic (exact) mass is 327 g/mol. The first-order valence-electron chi connectivity index (χ1n) is 5.87. The van der Waals surface area contributed by atoms with Crippen LogP contribution in [0.3, 0.4) is 0 Å². The van der Waals surface area contributed by atoms with E-state index in [1.54, 1.807) is 6.07 Å². The highest BCUT2D eigenvalue weighted by Gasteiger charge is 2.09. The molecule has 1 heterocycles. The van der Waals surface area contributed by atoms with Crippen molar-refractivity contribution in [3.05, 3.63) is 34.5 Å². The number of benzene rings is 1. The molecule has 7 heteroatoms. The molecular formula is C13H14ClN3OS2. The molecule has 0 saturated carbocycles. The Labute approximate surface area is 130 Å². The van der Waals surface area contributed by atoms with Crippen molar-refractivity contribution in [2.75, 3.05) is 16.8 Å². The number of amides is 1. The number of aromatic nitrogens is 1. The van der Waals surface area contributed by atoms with Crippen molar-refractivity contribution in [1.82, 2.24) is 4.98 Å². The highest BCUT2D eigenvalue weighted by Crippen LogP contribution is 2.30. The zero-order chi connectivity index (χ0) is 14.7. The second-order valence-corrected chi connectivity index (χ2v) is 6.91. The lowest BCUT2D eigenvalue weighted by Crippen LogP contribution is -2.13. The number of nitrogens with zero attached hydrogens (tertiary/aromatic N) is 1. The number of hydrogen-bond donors (Lipinski definition) is 2. The van der Waals surface area contributed by atoms with Gasteiger partial charge in [0.1, 0.15) is 0 Å². The number of nitrogens with one attached hydrogen (secondary N) is 1. The molecule has 4 nitrogen and oxygen atoms in total. The van der Waals surface area contributed by atoms with E-state index < -0.39 is 0 Å². The summed E-state index contributed by atoms with van der Waals surface area (Å²) in [6.45, 7) is 3.80. The Morgan fingerprint density at radius 1 is 1.50 bits per heavy atom. The predicted octanol–water partition coefficient (Wildman–Crippen LogP) is 3.73. The second-order valence-electron chi connectivity index (χ2n) is 4.23. The molecule has 0 saturated heterocycles. The van der Waals surface area contributed by atoms with Crippen molar-refractivity contribution >= 4 is 51.4 Å². The Morgan fingerprint density at radius 3 is 2.85 bits per heavy atom. The molecular weight excluding hydrogens is 314 g/mol. The number of anilines is 2. The quantitative estimate of drug-likeness (QED) is 0.840. The van der Waals surface area contributed by atoms with Crippen molar-refractivity contribution < 1.29 is 4.79 Å². The van der Waals surface area contributed by atoms with Crippen LogP contribution in [-0.2, 0) is 4.79 Å². The molecule has 20 heavy (non-hydrogen) atoms. The topological polar surface area (TPSA) is 68.0 Å². The summed E-state index contributed by atoms with van der Waals surface area (Å²) in [7, 11) is 0. The van der Waals surface area contributed by atoms with Gasteiger partial charge in [-0.05, 0) is 31.5 Å². The number of aryl methyl sites for hydroxylation is 2. The Hall–Kier alpha value is -1.24. The highest BCUT2D eigenvalue weighted by molar-refractivity contribution is 8.01. The van der Waals surface area contributed by atoms with Crippen LogP contribution in [0.2, 0.25) is 5.02 Å². The maximum absolute atomic E-state index is 11.9. The van der Waals surface area contributed by atoms with Crippen LogP contribution in [0, 0.1) is 13.8 Å². The van der Waals surface area contributed by atoms with Crippen molar-refractivity contribution in [2.24, 2.45) is 0 Å². The third kappa shape index (κ3) is 3.88. The minimum absolute atomic E-state index is 0.0821. The van der Waals surface area contributed by atoms with Crippen LogP contribution < -0.4 is 11.1 Å². The molecule has 1 amide bonds. The standard InChI is InChI=1S/C13H14ClN3OS2/c1-7-3-4-9(5-10(7)14)17-11(18)6-19-12-8(2)16-13(15)20-12/h3-5H,6H2,1-2H3,(H2,15,16)(H,17,18). The van der Waals surface area contributed by atoms with E-state index in [0.717, 1.165) is 15.5 Å². The normalized spacial score (nSPS) is 10.6. The van der Waals surface area contributed by atoms with Gasteiger partial charge in [0.2, 0.25) is 5.91 Å². The number of nitrogen functional groups attached to an aromatic ring is 1. The molecule has 1 aromatic heterocycles. The van der Waals surface area contributed by atoms with Gasteiger partial charge in [0.05, 0.1) is 15.7 Å². The highest BCUT2D eigenvalue weighted by atomic mass is 35.5. The van der Waals surface area contributed by atoms with Gasteiger partial charge in [-0.1, -0.05) is 29.0 Å². The Bertz CT molecular complexity index is 643. The van der Waals surface area contributed by atoms with Crippen LogP contribution in [0.15, 0.2) is 22.4 Å². The molecule has 0 bridgehead atoms. The Balaban J connectivity index is 1.92. The summed E-state index contributed by atoms with van der Waals surface area (Å²) in [5, 5.41) is 3.98. The van der Waals surface area contributed by atoms with Crippen LogP contribution in [0.25, 0.3) is 0 Å². The van der Waals surface area contributed by atoms with E-state index in [1.807, 2.05) is 26.0 Å². The van der Waals surface area contributed by atoms with Crippen LogP contribution >= 0.6 is 34.7 Å². The average molecular weight is 328 g/mol. The van der Waals surface area contributed by atoms with Gasteiger partial charge in [-0.15, -0.1) is 11.8 Å². The molecule has 0 spiro atoms. The van der Waals surface area contributed by atoms with Crippen molar-refractivity contribution in [3.8, 4) is 0 Å². The minimum atomic E-state index is -0.0821. The van der Waals surface area contributed by atoms with Crippen molar-refractivity contribution in [2.45, 2.75) is 18.1 Å². The van der Waals surface area contributed by atoms with Gasteiger partial charge in [0, 0.05) is 10.7 Å². The van der Waals surface area contributed by atoms with Gasteiger partial charge >= 0.3 is 0 Å². The van der Waals surface area contributed by atoms with Gasteiger partial charge in [-0.25, -0.2) is 4.98 Å². The number of thiazole rings is 1. The largest absolute Gasteiger partial charge is 0.375 e. The summed E-state index contributed by atoms with van der Waals surface area (Å²) < 4.78 is 0.972. The first kappa shape index (κ1) is 15.2. The van der Waals surface area contributed by atoms with E-state index in [9.17, 15) is 4.79 Å². The molecule has 0 aliphatic carbocycles. The fraction of sp³-hybridized carbons (Fsp3) is 0.231. The summed E-state index contributed by atoms with van der Waals surface area (Å²) in [5.74, 6) is 0.231. The zero-order valence-corrected chi connectivity index (χ0v) is 13.5. The number of carbonyl (C=O) groups excluding carboxylic acids is 1. The number of rotatable bonds is 4. The van der Waals surface area contributed by atoms with Gasteiger partial charge in [0.25, 0.3) is 0 Å². The van der Waals surface area contributed by atoms with Gasteiger partial charge in [0.15, 0.2) is 5.13 Å². The lowest BCUT2D eigenvalue weighted by Gasteiger charge is -2.06. The summed E-state index contributed by atoms with van der Waals surface area (Å²) in [6, 6.07) is 5.45. The van der Waals surface area contributed by atoms with E-state index in [4.69, 9.17) is 17.3 Å². The SMILES string of the molecule is Cc1ccc(NC(=O)CSc2sc(N)nc2C)cc1Cl. The maximum Gasteiger partial charge on any atom is 0.234 e. The first-order valence-corrected chi connectivity index (χ1v) is 8.05. The third-order valence-electron chi connectivity index (χ3n) is 2.56. The number of hydrogen-bond acceptors (Lipinski definition) is 5. The van der Waals surface area contributed by atoms with Gasteiger partial charge in [-0.2, -0.15) is 0 Å². The summed E-state index contributed by atoms with van der Waals surface area (Å²) in [5.41, 5.74) is 8.17. The lowest BCUT2D eigenvalue weighted by atomic mass is 10.2. The lowest BCUT2D eigenvalue weighted by molar-refractivity contribution is -0.113. The molecule has 0 atom stereocenters. The second kappa shape index (κ2) is 6.47. The number of carbonyl (C=O) groups is 1. The molecule has 0 radical (unpaired) electrons. The van der Waals surface area contributed by atoms with E-state index in [2.05, 4.69) is 10.3 Å². The molecule has 0 aliphatic rings. The fourth-order valence-electron chi connectivity index (χ4n) is 1.54. The van der Waals surface area contributed by atoms with Crippen LogP contribution in [-0.4, -0.2) is 16.6 Å². The molecule has 0 fully saturated rings. The molecule has 3 N–H and O–H groups in total. The maximum atomic E-state index is 11.9. The van der Waals surface area contributed by atoms with E-state index in [-0.39, 0.29) is 5.91 Å². The average Bonchev–Trinajstić information content (AvgIpc) is 2.70. The van der Waals surface area contributed by atoms with Crippen molar-refractivity contribution in [1.29, 1.82) is 0 Å². The van der Waals surface area contributed by atoms with Crippen LogP contribution in [0.5, 0.6) is 0 Å². The number of halogens is 1. The Kier molecular flexibility index (Phi) is 4.91. The summed E-state index contributed by atoms with van der Waals surface area (Å²) in [6.07, 6.45) is 0. The van der Waals surface area contributed by atoms with E-state index >= 15 is 0 Å². The molecule has 0 unspecified atom stereocenters. The molecule has 0 aliphatic heterocycles. The summed E-state index contributed by atoms with van der Waals surface area (Å²) in [4.78, 5) is 16.0. The van der Waals surface area contributed by atoms with Gasteiger partial charge < -0.3 is 11.1 Å². The molecule has 2 rings (SSSR count). The fourth-order valence-corrected chi connectivity index (χ4v) is 3.54. The summed E-state index contributed by atoms with van der Waals surface area (Å²) >= 11 is 8.85. The Morgan fingerprint density at radius 2 is 2.25 bits per heavy atom. The molecule has 1 aromatic carbocycles. The predicted molar refractivity (Wildman–Crippen MR) is 86.8 cm³/mol. The number of thioether (sulfide) groups is 1. The first-order chi connectivity index (χ1) is 9.45. The van der Waals surface area contributed by atoms with E-state index in [0.29, 0.717) is 21.6 Å². The molecule has 106 valence electrons. The van der Waals surface area contributed by atoms with Crippen molar-refractivity contribution in [3.63, 3.8) is 0 Å². The smallest absolute Gasteiger partial charge is 0.234 e. The molecule has 2 aromatic rings. The minimum Gasteiger partial charge on any atom is -0.375 e. The number of nitrogens with two attached hydrogens (primary N) is 1.